The van der Waals surface area contributed by atoms with Gasteiger partial charge in [-0.25, -0.2) is 0 Å². The summed E-state index contributed by atoms with van der Waals surface area (Å²) in [5.74, 6) is 0.0444. The van der Waals surface area contributed by atoms with E-state index in [4.69, 9.17) is 5.26 Å². The molecule has 0 fully saturated rings. The van der Waals surface area contributed by atoms with Gasteiger partial charge in [0.1, 0.15) is 0 Å². The van der Waals surface area contributed by atoms with Crippen LogP contribution in [0.15, 0.2) is 66.7 Å². The molecule has 0 unspecified atom stereocenters. The largest absolute Gasteiger partial charge is 0.341 e. The van der Waals surface area contributed by atoms with Gasteiger partial charge < -0.3 is 9.88 Å². The molecule has 5 heteroatoms. The van der Waals surface area contributed by atoms with Crippen molar-refractivity contribution in [3.63, 3.8) is 0 Å². The first-order chi connectivity index (χ1) is 16.1. The van der Waals surface area contributed by atoms with E-state index in [0.717, 1.165) is 38.3 Å². The molecule has 1 N–H and O–H groups in total. The van der Waals surface area contributed by atoms with Gasteiger partial charge in [0.05, 0.1) is 11.6 Å². The summed E-state index contributed by atoms with van der Waals surface area (Å²) in [7, 11) is 0. The van der Waals surface area contributed by atoms with Crippen LogP contribution in [-0.2, 0) is 17.9 Å². The first-order valence-electron chi connectivity index (χ1n) is 11.6. The number of nitriles is 1. The highest BCUT2D eigenvalue weighted by Crippen LogP contribution is 2.31. The quantitative estimate of drug-likeness (QED) is 0.352. The molecule has 3 aromatic carbocycles. The van der Waals surface area contributed by atoms with Gasteiger partial charge in [0.15, 0.2) is 0 Å². The molecule has 5 nitrogen and oxygen atoms in total. The van der Waals surface area contributed by atoms with Crippen LogP contribution in [0.2, 0.25) is 0 Å². The molecular weight excluding hydrogens is 408 g/mol. The van der Waals surface area contributed by atoms with E-state index >= 15 is 0 Å². The summed E-state index contributed by atoms with van der Waals surface area (Å²) in [5.41, 5.74) is 5.12. The van der Waals surface area contributed by atoms with Gasteiger partial charge in [0.25, 0.3) is 0 Å². The molecule has 0 saturated carbocycles. The lowest BCUT2D eigenvalue weighted by Crippen LogP contribution is -2.25. The van der Waals surface area contributed by atoms with Crippen molar-refractivity contribution in [2.24, 2.45) is 0 Å². The number of hydrogen-bond donors (Lipinski definition) is 1. The SMILES string of the molecule is CCN(CCCC(=O)Nc1ccc2c(c1)c1ccccc1n2CC)Cc1ccc(C#N)cc1. The topological polar surface area (TPSA) is 61.1 Å². The number of amides is 1. The van der Waals surface area contributed by atoms with Crippen LogP contribution >= 0.6 is 0 Å². The highest BCUT2D eigenvalue weighted by molar-refractivity contribution is 6.09. The number of para-hydroxylation sites is 1. The standard InChI is InChI=1S/C28H30N4O/c1-3-31(20-22-13-11-21(19-29)12-14-22)17-7-10-28(33)30-23-15-16-27-25(18-23)24-8-5-6-9-26(24)32(27)4-2/h5-6,8-9,11-16,18H,3-4,7,10,17,20H2,1-2H3,(H,30,33). The highest BCUT2D eigenvalue weighted by Gasteiger charge is 2.11. The molecule has 33 heavy (non-hydrogen) atoms. The molecule has 0 aliphatic rings. The molecule has 1 aromatic heterocycles. The second-order valence-corrected chi connectivity index (χ2v) is 8.32. The van der Waals surface area contributed by atoms with Gasteiger partial charge in [-0.05, 0) is 68.4 Å². The van der Waals surface area contributed by atoms with E-state index < -0.39 is 0 Å². The lowest BCUT2D eigenvalue weighted by atomic mass is 10.1. The minimum Gasteiger partial charge on any atom is -0.341 e. The third kappa shape index (κ3) is 5.08. The molecule has 0 spiro atoms. The molecule has 0 bridgehead atoms. The molecule has 0 aliphatic heterocycles. The maximum Gasteiger partial charge on any atom is 0.224 e. The van der Waals surface area contributed by atoms with Gasteiger partial charge in [0.2, 0.25) is 5.91 Å². The zero-order valence-corrected chi connectivity index (χ0v) is 19.3. The van der Waals surface area contributed by atoms with Crippen LogP contribution in [0, 0.1) is 11.3 Å². The van der Waals surface area contributed by atoms with Crippen LogP contribution < -0.4 is 5.32 Å². The van der Waals surface area contributed by atoms with Gasteiger partial charge in [-0.2, -0.15) is 5.26 Å². The summed E-state index contributed by atoms with van der Waals surface area (Å²) < 4.78 is 2.31. The van der Waals surface area contributed by atoms with Crippen molar-refractivity contribution in [1.29, 1.82) is 5.26 Å². The minimum atomic E-state index is 0.0444. The second kappa shape index (κ2) is 10.3. The summed E-state index contributed by atoms with van der Waals surface area (Å²) in [4.78, 5) is 14.9. The van der Waals surface area contributed by atoms with Gasteiger partial charge in [-0.3, -0.25) is 9.69 Å². The van der Waals surface area contributed by atoms with Crippen molar-refractivity contribution in [3.8, 4) is 6.07 Å². The zero-order chi connectivity index (χ0) is 23.2. The Kier molecular flexibility index (Phi) is 7.07. The summed E-state index contributed by atoms with van der Waals surface area (Å²) >= 11 is 0. The van der Waals surface area contributed by atoms with Crippen molar-refractivity contribution in [2.75, 3.05) is 18.4 Å². The lowest BCUT2D eigenvalue weighted by Gasteiger charge is -2.20. The van der Waals surface area contributed by atoms with Gasteiger partial charge in [-0.15, -0.1) is 0 Å². The number of benzene rings is 3. The number of aromatic nitrogens is 1. The fourth-order valence-corrected chi connectivity index (χ4v) is 4.45. The Morgan fingerprint density at radius 3 is 2.48 bits per heavy atom. The number of nitrogens with one attached hydrogen (secondary N) is 1. The number of rotatable bonds is 9. The lowest BCUT2D eigenvalue weighted by molar-refractivity contribution is -0.116. The molecule has 0 radical (unpaired) electrons. The Balaban J connectivity index is 1.35. The maximum absolute atomic E-state index is 12.6. The number of anilines is 1. The predicted molar refractivity (Wildman–Crippen MR) is 135 cm³/mol. The van der Waals surface area contributed by atoms with Crippen LogP contribution in [0.5, 0.6) is 0 Å². The van der Waals surface area contributed by atoms with E-state index in [-0.39, 0.29) is 5.91 Å². The summed E-state index contributed by atoms with van der Waals surface area (Å²) in [6.07, 6.45) is 1.28. The monoisotopic (exact) mass is 438 g/mol. The van der Waals surface area contributed by atoms with Crippen LogP contribution in [-0.4, -0.2) is 28.5 Å². The van der Waals surface area contributed by atoms with Crippen LogP contribution in [0.25, 0.3) is 21.8 Å². The van der Waals surface area contributed by atoms with Crippen molar-refractivity contribution < 1.29 is 4.79 Å². The fraction of sp³-hybridized carbons (Fsp3) is 0.286. The smallest absolute Gasteiger partial charge is 0.224 e. The predicted octanol–water partition coefficient (Wildman–Crippen LogP) is 5.93. The van der Waals surface area contributed by atoms with Crippen LogP contribution in [0.1, 0.15) is 37.8 Å². The summed E-state index contributed by atoms with van der Waals surface area (Å²) in [5, 5.41) is 14.4. The maximum atomic E-state index is 12.6. The van der Waals surface area contributed by atoms with Gasteiger partial charge in [-0.1, -0.05) is 37.3 Å². The molecule has 4 aromatic rings. The van der Waals surface area contributed by atoms with E-state index in [0.29, 0.717) is 12.0 Å². The fourth-order valence-electron chi connectivity index (χ4n) is 4.45. The van der Waals surface area contributed by atoms with Crippen molar-refractivity contribution in [3.05, 3.63) is 77.9 Å². The number of fused-ring (bicyclic) bond motifs is 3. The average molecular weight is 439 g/mol. The normalized spacial score (nSPS) is 11.2. The van der Waals surface area contributed by atoms with E-state index in [1.54, 1.807) is 0 Å². The molecule has 4 rings (SSSR count). The van der Waals surface area contributed by atoms with Crippen LogP contribution in [0.3, 0.4) is 0 Å². The Hall–Kier alpha value is -3.62. The highest BCUT2D eigenvalue weighted by atomic mass is 16.1. The van der Waals surface area contributed by atoms with Crippen molar-refractivity contribution >= 4 is 33.4 Å². The summed E-state index contributed by atoms with van der Waals surface area (Å²) in [6, 6.07) is 24.5. The Morgan fingerprint density at radius 1 is 1.00 bits per heavy atom. The van der Waals surface area contributed by atoms with Crippen molar-refractivity contribution in [2.45, 2.75) is 39.8 Å². The van der Waals surface area contributed by atoms with E-state index in [1.165, 1.54) is 27.4 Å². The first kappa shape index (κ1) is 22.6. The van der Waals surface area contributed by atoms with Crippen molar-refractivity contribution in [1.82, 2.24) is 9.47 Å². The molecule has 1 heterocycles. The zero-order valence-electron chi connectivity index (χ0n) is 19.3. The number of hydrogen-bond acceptors (Lipinski definition) is 3. The average Bonchev–Trinajstić information content (AvgIpc) is 3.16. The van der Waals surface area contributed by atoms with Gasteiger partial charge in [0, 0.05) is 47.0 Å². The third-order valence-electron chi connectivity index (χ3n) is 6.19. The molecule has 1 amide bonds. The molecule has 0 aliphatic carbocycles. The van der Waals surface area contributed by atoms with E-state index in [1.807, 2.05) is 30.3 Å². The Morgan fingerprint density at radius 2 is 1.76 bits per heavy atom. The number of carbonyl (C=O) groups excluding carboxylic acids is 1. The Bertz CT molecular complexity index is 1300. The number of aryl methyl sites for hydroxylation is 1. The van der Waals surface area contributed by atoms with Crippen LogP contribution in [0.4, 0.5) is 5.69 Å². The second-order valence-electron chi connectivity index (χ2n) is 8.32. The molecular formula is C28H30N4O. The Labute approximate surface area is 195 Å². The summed E-state index contributed by atoms with van der Waals surface area (Å²) in [6.45, 7) is 7.79. The number of nitrogens with zero attached hydrogens (tertiary/aromatic N) is 3. The third-order valence-corrected chi connectivity index (χ3v) is 6.19. The van der Waals surface area contributed by atoms with Gasteiger partial charge >= 0.3 is 0 Å². The van der Waals surface area contributed by atoms with E-state index in [9.17, 15) is 4.79 Å². The molecule has 0 saturated heterocycles. The molecule has 168 valence electrons. The first-order valence-corrected chi connectivity index (χ1v) is 11.6. The number of carbonyl (C=O) groups is 1. The molecule has 0 atom stereocenters. The minimum absolute atomic E-state index is 0.0444. The van der Waals surface area contributed by atoms with E-state index in [2.05, 4.69) is 71.1 Å².